The van der Waals surface area contributed by atoms with Gasteiger partial charge >= 0.3 is 5.69 Å². The van der Waals surface area contributed by atoms with Crippen molar-refractivity contribution in [1.29, 1.82) is 0 Å². The predicted molar refractivity (Wildman–Crippen MR) is 93.2 cm³/mol. The van der Waals surface area contributed by atoms with Crippen LogP contribution in [0.3, 0.4) is 0 Å². The van der Waals surface area contributed by atoms with Crippen LogP contribution >= 0.6 is 0 Å². The van der Waals surface area contributed by atoms with E-state index in [1.165, 1.54) is 0 Å². The van der Waals surface area contributed by atoms with Gasteiger partial charge in [0, 0.05) is 44.5 Å². The number of H-pyrrole nitrogens is 1. The van der Waals surface area contributed by atoms with Gasteiger partial charge in [-0.15, -0.1) is 0 Å². The molecule has 1 aromatic rings. The van der Waals surface area contributed by atoms with Gasteiger partial charge in [-0.05, 0) is 45.1 Å². The molecule has 2 aliphatic heterocycles. The van der Waals surface area contributed by atoms with E-state index < -0.39 is 0 Å². The number of hydrogen-bond acceptors (Lipinski definition) is 4. The normalized spacial score (nSPS) is 23.6. The van der Waals surface area contributed by atoms with Crippen LogP contribution in [0.5, 0.6) is 0 Å². The van der Waals surface area contributed by atoms with Gasteiger partial charge in [0.25, 0.3) is 0 Å². The minimum absolute atomic E-state index is 0.0721. The van der Waals surface area contributed by atoms with Crippen molar-refractivity contribution in [3.8, 4) is 0 Å². The van der Waals surface area contributed by atoms with Crippen LogP contribution in [0.25, 0.3) is 0 Å². The maximum Gasteiger partial charge on any atom is 0.345 e. The van der Waals surface area contributed by atoms with E-state index in [1.54, 1.807) is 11.8 Å². The van der Waals surface area contributed by atoms with Crippen LogP contribution < -0.4 is 5.69 Å². The molecule has 1 spiro atoms. The van der Waals surface area contributed by atoms with Crippen LogP contribution in [0.4, 0.5) is 0 Å². The molecular weight excluding hydrogens is 320 g/mol. The number of amides is 2. The lowest BCUT2D eigenvalue weighted by atomic mass is 9.78. The number of nitrogens with one attached hydrogen (secondary N) is 1. The average Bonchev–Trinajstić information content (AvgIpc) is 2.96. The lowest BCUT2D eigenvalue weighted by molar-refractivity contribution is -0.144. The summed E-state index contributed by atoms with van der Waals surface area (Å²) in [7, 11) is 1.85. The number of likely N-dealkylation sites (tertiary alicyclic amines) is 2. The predicted octanol–water partition coefficient (Wildman–Crippen LogP) is 0.790. The van der Waals surface area contributed by atoms with Gasteiger partial charge in [0.2, 0.25) is 11.8 Å². The number of carbonyl (C=O) groups excluding carboxylic acids is 2. The number of aromatic nitrogens is 2. The first-order chi connectivity index (χ1) is 11.8. The molecule has 0 unspecified atom stereocenters. The first-order valence-electron chi connectivity index (χ1n) is 8.92. The third kappa shape index (κ3) is 3.32. The van der Waals surface area contributed by atoms with Crippen LogP contribution in [0.15, 0.2) is 4.79 Å². The van der Waals surface area contributed by atoms with Crippen molar-refractivity contribution in [3.05, 3.63) is 27.4 Å². The molecule has 0 radical (unpaired) electrons. The van der Waals surface area contributed by atoms with Gasteiger partial charge in [0.15, 0.2) is 0 Å². The summed E-state index contributed by atoms with van der Waals surface area (Å²) in [6.07, 6.45) is 3.57. The zero-order valence-electron chi connectivity index (χ0n) is 15.2. The lowest BCUT2D eigenvalue weighted by Gasteiger charge is -2.37. The fraction of sp³-hybridized carbons (Fsp3) is 0.667. The summed E-state index contributed by atoms with van der Waals surface area (Å²) >= 11 is 0. The maximum atomic E-state index is 12.6. The largest absolute Gasteiger partial charge is 0.345 e. The smallest absolute Gasteiger partial charge is 0.345 e. The second-order valence-corrected chi connectivity index (χ2v) is 7.41. The Balaban J connectivity index is 1.64. The molecule has 1 atom stereocenters. The van der Waals surface area contributed by atoms with E-state index in [1.807, 2.05) is 18.9 Å². The van der Waals surface area contributed by atoms with Crippen molar-refractivity contribution in [2.24, 2.45) is 5.41 Å². The quantitative estimate of drug-likeness (QED) is 0.877. The zero-order chi connectivity index (χ0) is 18.2. The monoisotopic (exact) mass is 346 g/mol. The standard InChI is InChI=1S/C18H26N4O3/c1-12-14(13(2)20-17(25)19-12)5-6-15(23)22-10-8-18(11-22)7-4-9-21(3)16(18)24/h4-11H2,1-3H3,(H,19,20,25)/t18-/m0/s1. The Bertz CT molecular complexity index is 731. The van der Waals surface area contributed by atoms with Crippen LogP contribution in [0.1, 0.15) is 42.6 Å². The van der Waals surface area contributed by atoms with Gasteiger partial charge in [-0.25, -0.2) is 4.79 Å². The molecule has 0 aromatic carbocycles. The first kappa shape index (κ1) is 17.6. The van der Waals surface area contributed by atoms with E-state index >= 15 is 0 Å². The number of nitrogens with zero attached hydrogens (tertiary/aromatic N) is 3. The van der Waals surface area contributed by atoms with Crippen LogP contribution in [0, 0.1) is 19.3 Å². The molecule has 0 saturated carbocycles. The SMILES string of the molecule is Cc1nc(=O)[nH]c(C)c1CCC(=O)N1CC[C@@]2(CCCN(C)C2=O)C1. The summed E-state index contributed by atoms with van der Waals surface area (Å²) in [5, 5.41) is 0. The molecule has 3 rings (SSSR count). The van der Waals surface area contributed by atoms with E-state index in [-0.39, 0.29) is 22.9 Å². The maximum absolute atomic E-state index is 12.6. The van der Waals surface area contributed by atoms with E-state index in [4.69, 9.17) is 0 Å². The van der Waals surface area contributed by atoms with E-state index in [2.05, 4.69) is 9.97 Å². The Kier molecular flexibility index (Phi) is 4.67. The van der Waals surface area contributed by atoms with Crippen molar-refractivity contribution in [3.63, 3.8) is 0 Å². The molecule has 136 valence electrons. The highest BCUT2D eigenvalue weighted by molar-refractivity contribution is 5.86. The van der Waals surface area contributed by atoms with Crippen molar-refractivity contribution >= 4 is 11.8 Å². The third-order valence-corrected chi connectivity index (χ3v) is 5.70. The molecule has 25 heavy (non-hydrogen) atoms. The molecule has 2 amide bonds. The minimum Gasteiger partial charge on any atom is -0.345 e. The van der Waals surface area contributed by atoms with Gasteiger partial charge in [-0.2, -0.15) is 4.98 Å². The molecule has 7 heteroatoms. The molecule has 1 aromatic heterocycles. The summed E-state index contributed by atoms with van der Waals surface area (Å²) in [5.41, 5.74) is 1.65. The Morgan fingerprint density at radius 3 is 2.72 bits per heavy atom. The van der Waals surface area contributed by atoms with Crippen LogP contribution in [-0.2, 0) is 16.0 Å². The molecule has 3 heterocycles. The van der Waals surface area contributed by atoms with E-state index in [0.717, 1.165) is 37.1 Å². The summed E-state index contributed by atoms with van der Waals surface area (Å²) in [6.45, 7) is 5.63. The van der Waals surface area contributed by atoms with Gasteiger partial charge in [0.05, 0.1) is 5.41 Å². The molecule has 7 nitrogen and oxygen atoms in total. The van der Waals surface area contributed by atoms with Crippen molar-refractivity contribution in [2.75, 3.05) is 26.7 Å². The molecule has 0 bridgehead atoms. The second kappa shape index (κ2) is 6.61. The first-order valence-corrected chi connectivity index (χ1v) is 8.92. The topological polar surface area (TPSA) is 86.4 Å². The molecule has 1 N–H and O–H groups in total. The number of aryl methyl sites for hydroxylation is 2. The number of rotatable bonds is 3. The third-order valence-electron chi connectivity index (χ3n) is 5.70. The second-order valence-electron chi connectivity index (χ2n) is 7.41. The molecule has 2 saturated heterocycles. The van der Waals surface area contributed by atoms with Crippen LogP contribution in [-0.4, -0.2) is 58.3 Å². The van der Waals surface area contributed by atoms with E-state index in [9.17, 15) is 14.4 Å². The van der Waals surface area contributed by atoms with Gasteiger partial charge in [-0.3, -0.25) is 9.59 Å². The van der Waals surface area contributed by atoms with Crippen molar-refractivity contribution < 1.29 is 9.59 Å². The molecule has 2 fully saturated rings. The highest BCUT2D eigenvalue weighted by Gasteiger charge is 2.48. The molecule has 2 aliphatic rings. The van der Waals surface area contributed by atoms with E-state index in [0.29, 0.717) is 31.6 Å². The summed E-state index contributed by atoms with van der Waals surface area (Å²) in [6, 6.07) is 0. The number of carbonyl (C=O) groups is 2. The highest BCUT2D eigenvalue weighted by atomic mass is 16.2. The zero-order valence-corrected chi connectivity index (χ0v) is 15.2. The summed E-state index contributed by atoms with van der Waals surface area (Å²) in [4.78, 5) is 46.8. The van der Waals surface area contributed by atoms with Crippen molar-refractivity contribution in [1.82, 2.24) is 19.8 Å². The molecule has 0 aliphatic carbocycles. The van der Waals surface area contributed by atoms with Crippen LogP contribution in [0.2, 0.25) is 0 Å². The highest BCUT2D eigenvalue weighted by Crippen LogP contribution is 2.39. The van der Waals surface area contributed by atoms with Gasteiger partial charge in [-0.1, -0.05) is 0 Å². The summed E-state index contributed by atoms with van der Waals surface area (Å²) < 4.78 is 0. The lowest BCUT2D eigenvalue weighted by Crippen LogP contribution is -2.48. The fourth-order valence-corrected chi connectivity index (χ4v) is 4.25. The minimum atomic E-state index is -0.367. The van der Waals surface area contributed by atoms with Gasteiger partial charge in [0.1, 0.15) is 0 Å². The Hall–Kier alpha value is -2.18. The number of aromatic amines is 1. The number of piperidine rings is 1. The Labute approximate surface area is 147 Å². The Morgan fingerprint density at radius 2 is 2.00 bits per heavy atom. The van der Waals surface area contributed by atoms with Gasteiger partial charge < -0.3 is 14.8 Å². The average molecular weight is 346 g/mol. The van der Waals surface area contributed by atoms with Crippen molar-refractivity contribution in [2.45, 2.75) is 46.0 Å². The Morgan fingerprint density at radius 1 is 1.24 bits per heavy atom. The summed E-state index contributed by atoms with van der Waals surface area (Å²) in [5.74, 6) is 0.258. The molecular formula is C18H26N4O3. The fourth-order valence-electron chi connectivity index (χ4n) is 4.25. The number of hydrogen-bond donors (Lipinski definition) is 1.